The Kier molecular flexibility index (Phi) is 3.46. The number of nitrogens with zero attached hydrogens (tertiary/aromatic N) is 4. The van der Waals surface area contributed by atoms with Gasteiger partial charge in [0.05, 0.1) is 6.04 Å². The molecule has 90 valence electrons. The predicted octanol–water partition coefficient (Wildman–Crippen LogP) is 0.266. The van der Waals surface area contributed by atoms with Gasteiger partial charge >= 0.3 is 0 Å². The highest BCUT2D eigenvalue weighted by molar-refractivity contribution is 5.21. The summed E-state index contributed by atoms with van der Waals surface area (Å²) in [4.78, 5) is 8.35. The zero-order valence-corrected chi connectivity index (χ0v) is 9.96. The van der Waals surface area contributed by atoms with Gasteiger partial charge in [-0.2, -0.15) is 5.10 Å². The zero-order chi connectivity index (χ0) is 12.3. The summed E-state index contributed by atoms with van der Waals surface area (Å²) in [5.41, 5.74) is 4.95. The van der Waals surface area contributed by atoms with Crippen LogP contribution in [0, 0.1) is 6.92 Å². The molecule has 0 aliphatic rings. The number of aromatic nitrogens is 4. The summed E-state index contributed by atoms with van der Waals surface area (Å²) in [6.45, 7) is 2.01. The third-order valence-electron chi connectivity index (χ3n) is 2.69. The molecule has 0 aromatic carbocycles. The average Bonchev–Trinajstić information content (AvgIpc) is 2.71. The number of hydrogen-bond acceptors (Lipinski definition) is 5. The molecule has 6 nitrogen and oxygen atoms in total. The first-order chi connectivity index (χ1) is 8.20. The van der Waals surface area contributed by atoms with E-state index in [1.165, 1.54) is 6.33 Å². The van der Waals surface area contributed by atoms with Crippen LogP contribution >= 0.6 is 0 Å². The molecule has 1 unspecified atom stereocenters. The molecule has 6 heteroatoms. The molecule has 0 aliphatic heterocycles. The van der Waals surface area contributed by atoms with E-state index in [9.17, 15) is 0 Å². The molecular weight excluding hydrogens is 216 g/mol. The number of pyridine rings is 1. The van der Waals surface area contributed by atoms with Crippen LogP contribution in [0.4, 0.5) is 0 Å². The fourth-order valence-electron chi connectivity index (χ4n) is 1.73. The second-order valence-electron chi connectivity index (χ2n) is 4.02. The van der Waals surface area contributed by atoms with Gasteiger partial charge in [-0.3, -0.25) is 20.9 Å². The lowest BCUT2D eigenvalue weighted by Crippen LogP contribution is -2.30. The quantitative estimate of drug-likeness (QED) is 0.584. The van der Waals surface area contributed by atoms with Crippen LogP contribution < -0.4 is 11.3 Å². The van der Waals surface area contributed by atoms with Crippen LogP contribution in [0.15, 0.2) is 24.8 Å². The van der Waals surface area contributed by atoms with E-state index in [0.717, 1.165) is 17.0 Å². The first-order valence-corrected chi connectivity index (χ1v) is 5.41. The maximum atomic E-state index is 5.59. The van der Waals surface area contributed by atoms with Crippen molar-refractivity contribution in [2.24, 2.45) is 12.9 Å². The largest absolute Gasteiger partial charge is 0.271 e. The number of rotatable bonds is 4. The molecule has 0 fully saturated rings. The Bertz CT molecular complexity index is 492. The van der Waals surface area contributed by atoms with E-state index in [4.69, 9.17) is 5.84 Å². The highest BCUT2D eigenvalue weighted by Gasteiger charge is 2.14. The SMILES string of the molecule is Cc1cncc(C(Cc2ncnn2C)NN)c1. The average molecular weight is 232 g/mol. The maximum Gasteiger partial charge on any atom is 0.138 e. The summed E-state index contributed by atoms with van der Waals surface area (Å²) in [5, 5.41) is 4.04. The first-order valence-electron chi connectivity index (χ1n) is 5.41. The Morgan fingerprint density at radius 3 is 2.88 bits per heavy atom. The van der Waals surface area contributed by atoms with E-state index >= 15 is 0 Å². The van der Waals surface area contributed by atoms with Crippen LogP contribution in [0.1, 0.15) is 23.0 Å². The molecule has 1 atom stereocenters. The van der Waals surface area contributed by atoms with Crippen LogP contribution in [0.25, 0.3) is 0 Å². The molecule has 0 saturated heterocycles. The first kappa shape index (κ1) is 11.7. The highest BCUT2D eigenvalue weighted by atomic mass is 15.3. The Morgan fingerprint density at radius 2 is 2.29 bits per heavy atom. The molecule has 2 aromatic rings. The fourth-order valence-corrected chi connectivity index (χ4v) is 1.73. The van der Waals surface area contributed by atoms with Crippen molar-refractivity contribution in [2.75, 3.05) is 0 Å². The molecule has 2 rings (SSSR count). The molecule has 0 saturated carbocycles. The van der Waals surface area contributed by atoms with E-state index in [0.29, 0.717) is 6.42 Å². The van der Waals surface area contributed by atoms with Crippen molar-refractivity contribution in [2.45, 2.75) is 19.4 Å². The van der Waals surface area contributed by atoms with Crippen LogP contribution in [-0.2, 0) is 13.5 Å². The van der Waals surface area contributed by atoms with E-state index in [1.54, 1.807) is 4.68 Å². The van der Waals surface area contributed by atoms with Crippen LogP contribution in [0.2, 0.25) is 0 Å². The third-order valence-corrected chi connectivity index (χ3v) is 2.69. The fraction of sp³-hybridized carbons (Fsp3) is 0.364. The van der Waals surface area contributed by atoms with Gasteiger partial charge in [0.15, 0.2) is 0 Å². The molecule has 0 amide bonds. The number of aryl methyl sites for hydroxylation is 2. The summed E-state index contributed by atoms with van der Waals surface area (Å²) in [6.07, 6.45) is 5.85. The minimum atomic E-state index is -0.00898. The Balaban J connectivity index is 2.20. The van der Waals surface area contributed by atoms with Crippen molar-refractivity contribution in [1.29, 1.82) is 0 Å². The van der Waals surface area contributed by atoms with Crippen molar-refractivity contribution in [3.8, 4) is 0 Å². The maximum absolute atomic E-state index is 5.59. The smallest absolute Gasteiger partial charge is 0.138 e. The molecule has 0 spiro atoms. The summed E-state index contributed by atoms with van der Waals surface area (Å²) in [6, 6.07) is 2.05. The molecular formula is C11H16N6. The summed E-state index contributed by atoms with van der Waals surface area (Å²) in [7, 11) is 1.87. The van der Waals surface area contributed by atoms with Gasteiger partial charge in [-0.1, -0.05) is 6.07 Å². The zero-order valence-electron chi connectivity index (χ0n) is 9.96. The van der Waals surface area contributed by atoms with Crippen molar-refractivity contribution >= 4 is 0 Å². The highest BCUT2D eigenvalue weighted by Crippen LogP contribution is 2.16. The topological polar surface area (TPSA) is 81.7 Å². The lowest BCUT2D eigenvalue weighted by atomic mass is 10.0. The summed E-state index contributed by atoms with van der Waals surface area (Å²) in [5.74, 6) is 6.47. The molecule has 0 radical (unpaired) electrons. The molecule has 2 heterocycles. The minimum absolute atomic E-state index is 0.00898. The number of hydrazine groups is 1. The van der Waals surface area contributed by atoms with Crippen LogP contribution in [-0.4, -0.2) is 19.7 Å². The van der Waals surface area contributed by atoms with Gasteiger partial charge in [0, 0.05) is 25.9 Å². The lowest BCUT2D eigenvalue weighted by Gasteiger charge is -2.15. The Labute approximate surface area is 99.9 Å². The Morgan fingerprint density at radius 1 is 1.47 bits per heavy atom. The monoisotopic (exact) mass is 232 g/mol. The number of hydrogen-bond donors (Lipinski definition) is 2. The Hall–Kier alpha value is -1.79. The second-order valence-corrected chi connectivity index (χ2v) is 4.02. The summed E-state index contributed by atoms with van der Waals surface area (Å²) >= 11 is 0. The summed E-state index contributed by atoms with van der Waals surface area (Å²) < 4.78 is 1.74. The van der Waals surface area contributed by atoms with Gasteiger partial charge in [-0.25, -0.2) is 4.98 Å². The van der Waals surface area contributed by atoms with Gasteiger partial charge in [-0.15, -0.1) is 0 Å². The third kappa shape index (κ3) is 2.66. The molecule has 17 heavy (non-hydrogen) atoms. The standard InChI is InChI=1S/C11H16N6/c1-8-3-9(6-13-5-8)10(16-12)4-11-14-7-15-17(11)2/h3,5-7,10,16H,4,12H2,1-2H3. The second kappa shape index (κ2) is 5.03. The number of nitrogens with one attached hydrogen (secondary N) is 1. The molecule has 2 aromatic heterocycles. The molecule has 3 N–H and O–H groups in total. The van der Waals surface area contributed by atoms with E-state index in [-0.39, 0.29) is 6.04 Å². The van der Waals surface area contributed by atoms with Crippen LogP contribution in [0.3, 0.4) is 0 Å². The molecule has 0 bridgehead atoms. The van der Waals surface area contributed by atoms with E-state index in [2.05, 4.69) is 26.6 Å². The van der Waals surface area contributed by atoms with Gasteiger partial charge < -0.3 is 0 Å². The number of nitrogens with two attached hydrogens (primary N) is 1. The van der Waals surface area contributed by atoms with Crippen molar-refractivity contribution < 1.29 is 0 Å². The van der Waals surface area contributed by atoms with Gasteiger partial charge in [0.1, 0.15) is 12.2 Å². The molecule has 0 aliphatic carbocycles. The van der Waals surface area contributed by atoms with Gasteiger partial charge in [0.2, 0.25) is 0 Å². The van der Waals surface area contributed by atoms with Crippen molar-refractivity contribution in [3.05, 3.63) is 41.7 Å². The van der Waals surface area contributed by atoms with Crippen molar-refractivity contribution in [3.63, 3.8) is 0 Å². The van der Waals surface area contributed by atoms with Gasteiger partial charge in [0.25, 0.3) is 0 Å². The van der Waals surface area contributed by atoms with E-state index in [1.807, 2.05) is 26.4 Å². The van der Waals surface area contributed by atoms with Crippen molar-refractivity contribution in [1.82, 2.24) is 25.2 Å². The minimum Gasteiger partial charge on any atom is -0.271 e. The van der Waals surface area contributed by atoms with Gasteiger partial charge in [-0.05, 0) is 18.1 Å². The van der Waals surface area contributed by atoms with E-state index < -0.39 is 0 Å². The van der Waals surface area contributed by atoms with Crippen LogP contribution in [0.5, 0.6) is 0 Å². The predicted molar refractivity (Wildman–Crippen MR) is 63.7 cm³/mol. The lowest BCUT2D eigenvalue weighted by molar-refractivity contribution is 0.521. The normalized spacial score (nSPS) is 12.6.